The normalized spacial score (nSPS) is 18.2. The number of fused-ring (bicyclic) bond motifs is 1. The molecule has 0 N–H and O–H groups in total. The van der Waals surface area contributed by atoms with Crippen molar-refractivity contribution >= 4 is 17.6 Å². The van der Waals surface area contributed by atoms with E-state index in [1.807, 2.05) is 48.2 Å². The Bertz CT molecular complexity index is 1130. The first-order chi connectivity index (χ1) is 15.6. The van der Waals surface area contributed by atoms with Crippen LogP contribution in [0.15, 0.2) is 48.8 Å². The summed E-state index contributed by atoms with van der Waals surface area (Å²) in [7, 11) is 0. The summed E-state index contributed by atoms with van der Waals surface area (Å²) in [5.74, 6) is 1.40. The number of carbonyl (C=O) groups is 2. The number of hydrogen-bond donors (Lipinski definition) is 0. The van der Waals surface area contributed by atoms with Crippen LogP contribution in [0, 0.1) is 6.92 Å². The molecule has 2 aliphatic rings. The zero-order valence-electron chi connectivity index (χ0n) is 18.1. The maximum atomic E-state index is 13.0. The minimum atomic E-state index is -0.183. The molecule has 4 heterocycles. The second-order valence-electron chi connectivity index (χ2n) is 8.38. The number of nitrogens with zero attached hydrogens (tertiary/aromatic N) is 6. The van der Waals surface area contributed by atoms with Crippen LogP contribution in [0.5, 0.6) is 0 Å². The lowest BCUT2D eigenvalue weighted by Gasteiger charge is -2.31. The third-order valence-corrected chi connectivity index (χ3v) is 6.27. The Hall–Kier alpha value is -3.55. The van der Waals surface area contributed by atoms with Crippen LogP contribution in [0.1, 0.15) is 47.9 Å². The first-order valence-corrected chi connectivity index (χ1v) is 11.1. The van der Waals surface area contributed by atoms with Gasteiger partial charge in [0.05, 0.1) is 12.6 Å². The number of anilines is 1. The van der Waals surface area contributed by atoms with Gasteiger partial charge in [-0.3, -0.25) is 19.2 Å². The van der Waals surface area contributed by atoms with Gasteiger partial charge < -0.3 is 4.90 Å². The molecule has 0 bridgehead atoms. The summed E-state index contributed by atoms with van der Waals surface area (Å²) in [5, 5.41) is 4.15. The first-order valence-electron chi connectivity index (χ1n) is 11.1. The fraction of sp³-hybridized carbons (Fsp3) is 0.375. The lowest BCUT2D eigenvalue weighted by molar-refractivity contribution is -0.133. The van der Waals surface area contributed by atoms with Gasteiger partial charge in [0.15, 0.2) is 5.82 Å². The highest BCUT2D eigenvalue weighted by Gasteiger charge is 2.35. The average Bonchev–Trinajstić information content (AvgIpc) is 3.48. The summed E-state index contributed by atoms with van der Waals surface area (Å²) in [6.45, 7) is 3.34. The lowest BCUT2D eigenvalue weighted by Crippen LogP contribution is -2.38. The van der Waals surface area contributed by atoms with Gasteiger partial charge in [0.2, 0.25) is 11.8 Å². The van der Waals surface area contributed by atoms with Crippen LogP contribution in [0.2, 0.25) is 0 Å². The minimum Gasteiger partial charge on any atom is -0.331 e. The highest BCUT2D eigenvalue weighted by atomic mass is 16.2. The molecule has 0 radical (unpaired) electrons. The molecule has 8 nitrogen and oxygen atoms in total. The van der Waals surface area contributed by atoms with Gasteiger partial charge >= 0.3 is 0 Å². The largest absolute Gasteiger partial charge is 0.331 e. The Morgan fingerprint density at radius 2 is 1.97 bits per heavy atom. The fourth-order valence-electron chi connectivity index (χ4n) is 4.64. The van der Waals surface area contributed by atoms with Gasteiger partial charge in [0, 0.05) is 36.6 Å². The Morgan fingerprint density at radius 1 is 1.12 bits per heavy atom. The Labute approximate surface area is 186 Å². The van der Waals surface area contributed by atoms with Gasteiger partial charge in [-0.25, -0.2) is 9.97 Å². The molecule has 3 aromatic rings. The van der Waals surface area contributed by atoms with E-state index < -0.39 is 0 Å². The van der Waals surface area contributed by atoms with E-state index in [0.29, 0.717) is 37.6 Å². The van der Waals surface area contributed by atoms with Crippen molar-refractivity contribution in [2.75, 3.05) is 11.4 Å². The monoisotopic (exact) mass is 430 g/mol. The summed E-state index contributed by atoms with van der Waals surface area (Å²) < 4.78 is 1.64. The van der Waals surface area contributed by atoms with E-state index in [9.17, 15) is 9.59 Å². The average molecular weight is 431 g/mol. The summed E-state index contributed by atoms with van der Waals surface area (Å²) in [6.07, 6.45) is 6.29. The summed E-state index contributed by atoms with van der Waals surface area (Å²) in [6, 6.07) is 11.6. The van der Waals surface area contributed by atoms with Crippen molar-refractivity contribution in [3.05, 3.63) is 71.4 Å². The molecule has 2 amide bonds. The number of aryl methyl sites for hydroxylation is 1. The molecule has 0 aliphatic carbocycles. The molecule has 1 aromatic carbocycles. The Kier molecular flexibility index (Phi) is 5.43. The van der Waals surface area contributed by atoms with Crippen LogP contribution in [0.4, 0.5) is 5.82 Å². The smallest absolute Gasteiger partial charge is 0.244 e. The van der Waals surface area contributed by atoms with Gasteiger partial charge in [-0.1, -0.05) is 30.3 Å². The van der Waals surface area contributed by atoms with Crippen molar-refractivity contribution in [2.45, 2.75) is 51.7 Å². The second kappa shape index (κ2) is 8.53. The van der Waals surface area contributed by atoms with Gasteiger partial charge in [0.25, 0.3) is 0 Å². The molecule has 1 saturated heterocycles. The quantitative estimate of drug-likeness (QED) is 0.622. The van der Waals surface area contributed by atoms with E-state index in [0.717, 1.165) is 29.7 Å². The number of hydrogen-bond acceptors (Lipinski definition) is 5. The van der Waals surface area contributed by atoms with Crippen LogP contribution in [-0.4, -0.2) is 43.0 Å². The molecular formula is C24H26N6O2. The maximum Gasteiger partial charge on any atom is 0.244 e. The number of rotatable bonds is 5. The number of benzene rings is 1. The number of amides is 2. The van der Waals surface area contributed by atoms with E-state index in [1.165, 1.54) is 0 Å². The molecule has 32 heavy (non-hydrogen) atoms. The molecule has 5 rings (SSSR count). The van der Waals surface area contributed by atoms with Crippen LogP contribution in [-0.2, 0) is 29.1 Å². The standard InChI is InChI=1S/C24H26N6O2/c1-17-19-10-11-21(31)30(15-18-7-3-2-4-8-18)24(19)27-23(26-17)20-9-5-14-29(20)22(32)16-28-13-6-12-25-28/h2-4,6-8,12-13,20H,5,9-11,14-16H2,1H3. The lowest BCUT2D eigenvalue weighted by atomic mass is 10.0. The highest BCUT2D eigenvalue weighted by Crippen LogP contribution is 2.35. The molecule has 0 spiro atoms. The molecule has 8 heteroatoms. The number of aromatic nitrogens is 4. The van der Waals surface area contributed by atoms with Gasteiger partial charge in [-0.15, -0.1) is 0 Å². The van der Waals surface area contributed by atoms with Crippen LogP contribution in [0.25, 0.3) is 0 Å². The van der Waals surface area contributed by atoms with Gasteiger partial charge in [-0.05, 0) is 37.8 Å². The molecule has 1 unspecified atom stereocenters. The zero-order chi connectivity index (χ0) is 22.1. The topological polar surface area (TPSA) is 84.2 Å². The van der Waals surface area contributed by atoms with Crippen molar-refractivity contribution < 1.29 is 9.59 Å². The van der Waals surface area contributed by atoms with Gasteiger partial charge in [0.1, 0.15) is 12.4 Å². The van der Waals surface area contributed by atoms with Crippen LogP contribution in [0.3, 0.4) is 0 Å². The van der Waals surface area contributed by atoms with E-state index in [1.54, 1.807) is 22.0 Å². The SMILES string of the molecule is Cc1nc(C2CCCN2C(=O)Cn2cccn2)nc2c1CCC(=O)N2Cc1ccccc1. The van der Waals surface area contributed by atoms with E-state index in [4.69, 9.17) is 9.97 Å². The maximum absolute atomic E-state index is 13.0. The molecular weight excluding hydrogens is 404 g/mol. The van der Waals surface area contributed by atoms with Crippen LogP contribution >= 0.6 is 0 Å². The predicted molar refractivity (Wildman–Crippen MR) is 119 cm³/mol. The van der Waals surface area contributed by atoms with Crippen molar-refractivity contribution in [2.24, 2.45) is 0 Å². The van der Waals surface area contributed by atoms with Crippen LogP contribution < -0.4 is 4.90 Å². The van der Waals surface area contributed by atoms with E-state index in [2.05, 4.69) is 5.10 Å². The van der Waals surface area contributed by atoms with E-state index in [-0.39, 0.29) is 24.4 Å². The summed E-state index contributed by atoms with van der Waals surface area (Å²) in [5.41, 5.74) is 2.97. The fourth-order valence-corrected chi connectivity index (χ4v) is 4.64. The van der Waals surface area contributed by atoms with Crippen molar-refractivity contribution in [3.63, 3.8) is 0 Å². The van der Waals surface area contributed by atoms with Crippen molar-refractivity contribution in [1.82, 2.24) is 24.6 Å². The highest BCUT2D eigenvalue weighted by molar-refractivity contribution is 5.95. The third kappa shape index (κ3) is 3.88. The Morgan fingerprint density at radius 3 is 2.75 bits per heavy atom. The van der Waals surface area contributed by atoms with E-state index >= 15 is 0 Å². The minimum absolute atomic E-state index is 0.00684. The third-order valence-electron chi connectivity index (χ3n) is 6.27. The zero-order valence-corrected chi connectivity index (χ0v) is 18.1. The predicted octanol–water partition coefficient (Wildman–Crippen LogP) is 2.82. The number of carbonyl (C=O) groups excluding carboxylic acids is 2. The summed E-state index contributed by atoms with van der Waals surface area (Å²) in [4.78, 5) is 39.1. The molecule has 164 valence electrons. The number of likely N-dealkylation sites (tertiary alicyclic amines) is 1. The molecule has 1 atom stereocenters. The molecule has 2 aliphatic heterocycles. The first kappa shape index (κ1) is 20.4. The molecule has 2 aromatic heterocycles. The second-order valence-corrected chi connectivity index (χ2v) is 8.38. The van der Waals surface area contributed by atoms with Crippen molar-refractivity contribution in [3.8, 4) is 0 Å². The Balaban J connectivity index is 1.46. The van der Waals surface area contributed by atoms with Crippen molar-refractivity contribution in [1.29, 1.82) is 0 Å². The van der Waals surface area contributed by atoms with Gasteiger partial charge in [-0.2, -0.15) is 5.10 Å². The molecule has 1 fully saturated rings. The molecule has 0 saturated carbocycles. The summed E-state index contributed by atoms with van der Waals surface area (Å²) >= 11 is 0.